The van der Waals surface area contributed by atoms with Crippen molar-refractivity contribution >= 4 is 40.5 Å². The first-order chi connectivity index (χ1) is 13.1. The third-order valence-corrected chi connectivity index (χ3v) is 5.61. The van der Waals surface area contributed by atoms with Gasteiger partial charge >= 0.3 is 5.97 Å². The Hall–Kier alpha value is -2.87. The molecule has 1 atom stereocenters. The number of rotatable bonds is 5. The number of carbonyl (C=O) groups is 3. The van der Waals surface area contributed by atoms with Gasteiger partial charge in [0.05, 0.1) is 23.5 Å². The third-order valence-electron chi connectivity index (χ3n) is 4.73. The van der Waals surface area contributed by atoms with Gasteiger partial charge in [-0.15, -0.1) is 11.3 Å². The number of carbonyl (C=O) groups excluding carboxylic acids is 3. The van der Waals surface area contributed by atoms with Gasteiger partial charge in [0.15, 0.2) is 6.61 Å². The molecule has 2 aromatic rings. The maximum absolute atomic E-state index is 12.3. The molecular formula is C19H19N3O4S. The molecule has 0 saturated carbocycles. The van der Waals surface area contributed by atoms with Crippen LogP contribution in [0.15, 0.2) is 35.7 Å². The highest BCUT2D eigenvalue weighted by Gasteiger charge is 2.36. The summed E-state index contributed by atoms with van der Waals surface area (Å²) in [4.78, 5) is 39.4. The summed E-state index contributed by atoms with van der Waals surface area (Å²) in [5.74, 6) is -0.997. The van der Waals surface area contributed by atoms with E-state index in [9.17, 15) is 14.4 Å². The van der Waals surface area contributed by atoms with E-state index in [1.807, 2.05) is 23.6 Å². The standard InChI is InChI=1S/C19H19N3O4S/c23-17(20-10-13-3-2-8-27-13)11-26-19(25)12-5-6-15-14(9-12)21-18(24)16-4-1-7-22(15)16/h2-3,5-6,8-9,16H,1,4,7,10-11H2,(H,20,23)(H,21,24)/t16-/m1/s1. The first-order valence-electron chi connectivity index (χ1n) is 8.79. The van der Waals surface area contributed by atoms with E-state index >= 15 is 0 Å². The quantitative estimate of drug-likeness (QED) is 0.770. The average Bonchev–Trinajstić information content (AvgIpc) is 3.36. The van der Waals surface area contributed by atoms with Gasteiger partial charge < -0.3 is 20.3 Å². The minimum absolute atomic E-state index is 0.0431. The Morgan fingerprint density at radius 1 is 1.33 bits per heavy atom. The number of ether oxygens (including phenoxy) is 1. The van der Waals surface area contributed by atoms with Crippen molar-refractivity contribution in [3.8, 4) is 0 Å². The van der Waals surface area contributed by atoms with Crippen LogP contribution in [0, 0.1) is 0 Å². The van der Waals surface area contributed by atoms with Crippen LogP contribution in [0.2, 0.25) is 0 Å². The number of nitrogens with zero attached hydrogens (tertiary/aromatic N) is 1. The fourth-order valence-corrected chi connectivity index (χ4v) is 4.07. The molecule has 0 spiro atoms. The third kappa shape index (κ3) is 3.66. The average molecular weight is 385 g/mol. The van der Waals surface area contributed by atoms with Gasteiger partial charge in [-0.1, -0.05) is 6.07 Å². The molecule has 7 nitrogen and oxygen atoms in total. The number of amides is 2. The highest BCUT2D eigenvalue weighted by Crippen LogP contribution is 2.37. The van der Waals surface area contributed by atoms with Crippen LogP contribution in [0.1, 0.15) is 28.1 Å². The van der Waals surface area contributed by atoms with E-state index in [-0.39, 0.29) is 24.5 Å². The molecule has 0 unspecified atom stereocenters. The second-order valence-corrected chi connectivity index (χ2v) is 7.54. The summed E-state index contributed by atoms with van der Waals surface area (Å²) in [7, 11) is 0. The molecule has 2 amide bonds. The molecule has 2 aliphatic heterocycles. The summed E-state index contributed by atoms with van der Waals surface area (Å²) in [5, 5.41) is 7.50. The largest absolute Gasteiger partial charge is 0.452 e. The highest BCUT2D eigenvalue weighted by atomic mass is 32.1. The van der Waals surface area contributed by atoms with Crippen LogP contribution < -0.4 is 15.5 Å². The lowest BCUT2D eigenvalue weighted by molar-refractivity contribution is -0.124. The number of fused-ring (bicyclic) bond motifs is 3. The molecule has 0 bridgehead atoms. The second kappa shape index (κ2) is 7.40. The molecule has 2 N–H and O–H groups in total. The Bertz CT molecular complexity index is 881. The van der Waals surface area contributed by atoms with E-state index < -0.39 is 5.97 Å². The number of thiophene rings is 1. The van der Waals surface area contributed by atoms with Crippen molar-refractivity contribution in [2.24, 2.45) is 0 Å². The van der Waals surface area contributed by atoms with E-state index in [0.29, 0.717) is 17.8 Å². The number of anilines is 2. The molecule has 1 fully saturated rings. The summed E-state index contributed by atoms with van der Waals surface area (Å²) in [6.45, 7) is 0.900. The van der Waals surface area contributed by atoms with Gasteiger partial charge in [0.25, 0.3) is 5.91 Å². The molecule has 27 heavy (non-hydrogen) atoms. The zero-order valence-corrected chi connectivity index (χ0v) is 15.4. The molecule has 8 heteroatoms. The van der Waals surface area contributed by atoms with Crippen LogP contribution in [0.25, 0.3) is 0 Å². The van der Waals surface area contributed by atoms with Gasteiger partial charge in [0, 0.05) is 11.4 Å². The molecular weight excluding hydrogens is 366 g/mol. The lowest BCUT2D eigenvalue weighted by Gasteiger charge is -2.33. The minimum Gasteiger partial charge on any atom is -0.452 e. The Morgan fingerprint density at radius 3 is 3.04 bits per heavy atom. The molecule has 4 rings (SSSR count). The fraction of sp³-hybridized carbons (Fsp3) is 0.316. The van der Waals surface area contributed by atoms with Crippen molar-refractivity contribution in [2.45, 2.75) is 25.4 Å². The van der Waals surface area contributed by atoms with Crippen LogP contribution in [-0.4, -0.2) is 37.0 Å². The van der Waals surface area contributed by atoms with Gasteiger partial charge in [-0.25, -0.2) is 4.79 Å². The van der Waals surface area contributed by atoms with E-state index in [0.717, 1.165) is 30.0 Å². The van der Waals surface area contributed by atoms with Crippen molar-refractivity contribution < 1.29 is 19.1 Å². The topological polar surface area (TPSA) is 87.7 Å². The summed E-state index contributed by atoms with van der Waals surface area (Å²) in [6.07, 6.45) is 1.82. The van der Waals surface area contributed by atoms with Crippen molar-refractivity contribution in [1.29, 1.82) is 0 Å². The summed E-state index contributed by atoms with van der Waals surface area (Å²) in [5.41, 5.74) is 1.83. The van der Waals surface area contributed by atoms with E-state index in [2.05, 4.69) is 15.5 Å². The molecule has 1 aromatic carbocycles. The van der Waals surface area contributed by atoms with Crippen LogP contribution >= 0.6 is 11.3 Å². The van der Waals surface area contributed by atoms with Crippen molar-refractivity contribution in [1.82, 2.24) is 5.32 Å². The van der Waals surface area contributed by atoms with E-state index in [1.54, 1.807) is 23.5 Å². The zero-order valence-electron chi connectivity index (χ0n) is 14.6. The number of esters is 1. The molecule has 2 aliphatic rings. The van der Waals surface area contributed by atoms with Gasteiger partial charge in [0.2, 0.25) is 5.91 Å². The number of hydrogen-bond acceptors (Lipinski definition) is 6. The van der Waals surface area contributed by atoms with Gasteiger partial charge in [0.1, 0.15) is 6.04 Å². The first kappa shape index (κ1) is 17.5. The molecule has 0 radical (unpaired) electrons. The predicted octanol–water partition coefficient (Wildman–Crippen LogP) is 2.14. The van der Waals surface area contributed by atoms with Gasteiger partial charge in [-0.05, 0) is 42.5 Å². The Morgan fingerprint density at radius 2 is 2.22 bits per heavy atom. The SMILES string of the molecule is O=C(COC(=O)c1ccc2c(c1)NC(=O)[C@H]1CCCN21)NCc1cccs1. The number of nitrogens with one attached hydrogen (secondary N) is 2. The number of benzene rings is 1. The molecule has 1 saturated heterocycles. The molecule has 0 aliphatic carbocycles. The van der Waals surface area contributed by atoms with Crippen molar-refractivity contribution in [3.63, 3.8) is 0 Å². The molecule has 1 aromatic heterocycles. The van der Waals surface area contributed by atoms with Crippen LogP contribution in [0.3, 0.4) is 0 Å². The van der Waals surface area contributed by atoms with Crippen LogP contribution in [-0.2, 0) is 20.9 Å². The lowest BCUT2D eigenvalue weighted by atomic mass is 10.1. The lowest BCUT2D eigenvalue weighted by Crippen LogP contribution is -2.43. The normalized spacial score (nSPS) is 17.7. The zero-order chi connectivity index (χ0) is 18.8. The van der Waals surface area contributed by atoms with Crippen molar-refractivity contribution in [3.05, 3.63) is 46.2 Å². The summed E-state index contributed by atoms with van der Waals surface area (Å²) in [6, 6.07) is 8.79. The summed E-state index contributed by atoms with van der Waals surface area (Å²) >= 11 is 1.54. The minimum atomic E-state index is -0.595. The highest BCUT2D eigenvalue weighted by molar-refractivity contribution is 7.09. The van der Waals surface area contributed by atoms with E-state index in [1.165, 1.54) is 0 Å². The Labute approximate surface area is 160 Å². The Balaban J connectivity index is 1.36. The van der Waals surface area contributed by atoms with Crippen LogP contribution in [0.4, 0.5) is 11.4 Å². The van der Waals surface area contributed by atoms with E-state index in [4.69, 9.17) is 4.74 Å². The second-order valence-electron chi connectivity index (χ2n) is 6.50. The monoisotopic (exact) mass is 385 g/mol. The maximum Gasteiger partial charge on any atom is 0.338 e. The Kier molecular flexibility index (Phi) is 4.81. The van der Waals surface area contributed by atoms with Gasteiger partial charge in [-0.2, -0.15) is 0 Å². The first-order valence-corrected chi connectivity index (χ1v) is 9.67. The smallest absolute Gasteiger partial charge is 0.338 e. The predicted molar refractivity (Wildman–Crippen MR) is 102 cm³/mol. The maximum atomic E-state index is 12.3. The molecule has 140 valence electrons. The number of hydrogen-bond donors (Lipinski definition) is 2. The van der Waals surface area contributed by atoms with Crippen LogP contribution in [0.5, 0.6) is 0 Å². The van der Waals surface area contributed by atoms with Crippen molar-refractivity contribution in [2.75, 3.05) is 23.4 Å². The fourth-order valence-electron chi connectivity index (χ4n) is 3.42. The molecule has 3 heterocycles. The summed E-state index contributed by atoms with van der Waals surface area (Å²) < 4.78 is 5.09. The van der Waals surface area contributed by atoms with Gasteiger partial charge in [-0.3, -0.25) is 9.59 Å².